The van der Waals surface area contributed by atoms with Crippen molar-refractivity contribution in [2.24, 2.45) is 23.2 Å². The van der Waals surface area contributed by atoms with E-state index in [9.17, 15) is 19.8 Å². The molecule has 4 fully saturated rings. The summed E-state index contributed by atoms with van der Waals surface area (Å²) in [6.07, 6.45) is 6.40. The first kappa shape index (κ1) is 37.4. The standard InChI is InChI=1S/C45H56N4O7/c1-7-24-17-26-20-44(42(52)55-5)40-29(15-16-49(41(24)44)34(26)22-50)28-13-14-35(54-4)37(39(28)47-40)31-18-32-25(8-2)21-48(3)36(45(32,23-51)43(53)56-6)19-30-27-11-9-10-12-33(27)46-38(30)31/h8-14,24,26,31-32,34,36,41,46-47,50-51H,7,15-23H2,1-6H3/b25-8-/t24-,26+,31-,32+,34+,36-,41-,44+,45-/m0/s1. The number of benzene rings is 2. The molecule has 56 heavy (non-hydrogen) atoms. The second kappa shape index (κ2) is 13.7. The Morgan fingerprint density at radius 1 is 1.00 bits per heavy atom. The number of nitrogens with one attached hydrogen (secondary N) is 2. The van der Waals surface area contributed by atoms with Crippen LogP contribution in [0.25, 0.3) is 21.8 Å². The number of hydrogen-bond donors (Lipinski definition) is 4. The molecule has 4 N–H and O–H groups in total. The van der Waals surface area contributed by atoms with Crippen molar-refractivity contribution < 1.29 is 34.0 Å². The highest BCUT2D eigenvalue weighted by Crippen LogP contribution is 2.59. The van der Waals surface area contributed by atoms with Crippen molar-refractivity contribution in [3.63, 3.8) is 0 Å². The maximum atomic E-state index is 14.6. The van der Waals surface area contributed by atoms with E-state index in [0.717, 1.165) is 74.8 Å². The number of hydrogen-bond acceptors (Lipinski definition) is 9. The second-order valence-corrected chi connectivity index (χ2v) is 17.2. The number of aliphatic hydroxyl groups is 2. The van der Waals surface area contributed by atoms with Crippen molar-refractivity contribution in [3.05, 3.63) is 76.1 Å². The van der Waals surface area contributed by atoms with Gasteiger partial charge in [-0.1, -0.05) is 43.2 Å². The number of likely N-dealkylation sites (N-methyl/N-ethyl adjacent to an activating group) is 1. The molecule has 0 radical (unpaired) electrons. The second-order valence-electron chi connectivity index (χ2n) is 17.2. The predicted octanol–water partition coefficient (Wildman–Crippen LogP) is 5.21. The molecule has 0 amide bonds. The van der Waals surface area contributed by atoms with E-state index < -0.39 is 16.8 Å². The van der Waals surface area contributed by atoms with Crippen LogP contribution in [0.3, 0.4) is 0 Å². The molecule has 6 bridgehead atoms. The van der Waals surface area contributed by atoms with Crippen LogP contribution in [-0.2, 0) is 37.3 Å². The van der Waals surface area contributed by atoms with Crippen molar-refractivity contribution >= 4 is 33.7 Å². The first-order chi connectivity index (χ1) is 27.2. The number of piperidine rings is 3. The van der Waals surface area contributed by atoms with Crippen molar-refractivity contribution in [2.45, 2.75) is 81.8 Å². The number of rotatable bonds is 7. The number of fused-ring (bicyclic) bond motifs is 9. The molecule has 4 aliphatic heterocycles. The highest BCUT2D eigenvalue weighted by molar-refractivity contribution is 5.95. The van der Waals surface area contributed by atoms with Gasteiger partial charge in [-0.05, 0) is 87.2 Å². The number of carbonyl (C=O) groups excluding carboxylic acids is 2. The maximum absolute atomic E-state index is 14.6. The molecule has 4 aromatic rings. The highest BCUT2D eigenvalue weighted by Gasteiger charge is 2.65. The van der Waals surface area contributed by atoms with E-state index in [1.54, 1.807) is 7.11 Å². The Hall–Kier alpha value is -4.16. The molecule has 2 aliphatic carbocycles. The van der Waals surface area contributed by atoms with Gasteiger partial charge in [0, 0.05) is 76.3 Å². The summed E-state index contributed by atoms with van der Waals surface area (Å²) in [6.45, 7) is 5.36. The van der Waals surface area contributed by atoms with Crippen LogP contribution in [0.4, 0.5) is 0 Å². The Kier molecular flexibility index (Phi) is 9.19. The zero-order valence-electron chi connectivity index (χ0n) is 33.5. The van der Waals surface area contributed by atoms with Crippen molar-refractivity contribution in [2.75, 3.05) is 54.7 Å². The minimum absolute atomic E-state index is 0.0163. The number of allylic oxidation sites excluding steroid dienone is 1. The summed E-state index contributed by atoms with van der Waals surface area (Å²) in [4.78, 5) is 41.4. The van der Waals surface area contributed by atoms with E-state index >= 15 is 0 Å². The molecule has 2 aromatic carbocycles. The Labute approximate surface area is 328 Å². The third-order valence-corrected chi connectivity index (χ3v) is 15.3. The quantitative estimate of drug-likeness (QED) is 0.148. The SMILES string of the molecule is C/C=C1/CN(C)[C@H]2Cc3c([nH]c4ccccc34)[C@H](c3c(OC)ccc4c5c([nH]c34)[C@]3(C(=O)OC)C[C@H]4C[C@H](CC)[C@@H]3N(CC5)[C@@H]4CO)C[C@H]1[C@]2(CO)C(=O)OC. The number of carbonyl (C=O) groups is 2. The monoisotopic (exact) mass is 764 g/mol. The molecule has 3 saturated heterocycles. The summed E-state index contributed by atoms with van der Waals surface area (Å²) in [5.41, 5.74) is 6.08. The van der Waals surface area contributed by atoms with E-state index in [2.05, 4.69) is 63.1 Å². The summed E-state index contributed by atoms with van der Waals surface area (Å²) in [5.74, 6) is -0.108. The highest BCUT2D eigenvalue weighted by atomic mass is 16.5. The predicted molar refractivity (Wildman–Crippen MR) is 214 cm³/mol. The van der Waals surface area contributed by atoms with Crippen molar-refractivity contribution in [1.82, 2.24) is 19.8 Å². The zero-order chi connectivity index (χ0) is 39.3. The summed E-state index contributed by atoms with van der Waals surface area (Å²) in [6, 6.07) is 12.1. The largest absolute Gasteiger partial charge is 0.496 e. The van der Waals surface area contributed by atoms with Gasteiger partial charge in [-0.15, -0.1) is 0 Å². The van der Waals surface area contributed by atoms with Crippen molar-refractivity contribution in [3.8, 4) is 5.75 Å². The van der Waals surface area contributed by atoms with Gasteiger partial charge in [0.25, 0.3) is 0 Å². The van der Waals surface area contributed by atoms with E-state index in [-0.39, 0.29) is 61.0 Å². The molecule has 1 unspecified atom stereocenters. The molecule has 11 nitrogen and oxygen atoms in total. The minimum Gasteiger partial charge on any atom is -0.496 e. The van der Waals surface area contributed by atoms with Crippen LogP contribution < -0.4 is 4.74 Å². The molecular formula is C45H56N4O7. The van der Waals surface area contributed by atoms with Gasteiger partial charge in [-0.2, -0.15) is 0 Å². The first-order valence-corrected chi connectivity index (χ1v) is 20.5. The normalized spacial score (nSPS) is 34.4. The third kappa shape index (κ3) is 4.83. The number of aromatic nitrogens is 2. The van der Waals surface area contributed by atoms with Crippen molar-refractivity contribution in [1.29, 1.82) is 0 Å². The molecule has 10 rings (SSSR count). The average Bonchev–Trinajstić information content (AvgIpc) is 3.76. The number of ether oxygens (including phenoxy) is 3. The van der Waals surface area contributed by atoms with Crippen LogP contribution in [0.2, 0.25) is 0 Å². The Morgan fingerprint density at radius 3 is 2.48 bits per heavy atom. The average molecular weight is 765 g/mol. The lowest BCUT2D eigenvalue weighted by Crippen LogP contribution is -2.71. The molecule has 10 atom stereocenters. The fourth-order valence-corrected chi connectivity index (χ4v) is 13.0. The van der Waals surface area contributed by atoms with E-state index in [1.807, 2.05) is 20.0 Å². The van der Waals surface area contributed by atoms with Gasteiger partial charge in [0.15, 0.2) is 0 Å². The lowest BCUT2D eigenvalue weighted by molar-refractivity contribution is -0.171. The fourth-order valence-electron chi connectivity index (χ4n) is 13.0. The topological polar surface area (TPSA) is 140 Å². The van der Waals surface area contributed by atoms with Gasteiger partial charge in [-0.3, -0.25) is 19.4 Å². The van der Waals surface area contributed by atoms with Crippen LogP contribution >= 0.6 is 0 Å². The number of para-hydroxylation sites is 1. The van der Waals surface area contributed by atoms with Crippen LogP contribution in [0.5, 0.6) is 5.75 Å². The van der Waals surface area contributed by atoms with Gasteiger partial charge in [0.05, 0.1) is 40.1 Å². The number of aliphatic hydroxyl groups excluding tert-OH is 2. The van der Waals surface area contributed by atoms with Crippen LogP contribution in [0, 0.1) is 23.2 Å². The number of methoxy groups -OCH3 is 3. The van der Waals surface area contributed by atoms with E-state index in [4.69, 9.17) is 14.2 Å². The molecule has 298 valence electrons. The van der Waals surface area contributed by atoms with Crippen LogP contribution in [0.1, 0.15) is 73.5 Å². The van der Waals surface area contributed by atoms with Gasteiger partial charge in [0.2, 0.25) is 0 Å². The maximum Gasteiger partial charge on any atom is 0.319 e. The molecule has 6 aliphatic rings. The smallest absolute Gasteiger partial charge is 0.319 e. The zero-order valence-corrected chi connectivity index (χ0v) is 33.5. The summed E-state index contributed by atoms with van der Waals surface area (Å²) >= 11 is 0. The number of H-pyrrole nitrogens is 2. The number of aromatic amines is 2. The number of nitrogens with zero attached hydrogens (tertiary/aromatic N) is 2. The molecule has 0 spiro atoms. The fraction of sp³-hybridized carbons (Fsp3) is 0.556. The third-order valence-electron chi connectivity index (χ3n) is 15.3. The molecule has 11 heteroatoms. The van der Waals surface area contributed by atoms with Crippen LogP contribution in [0.15, 0.2) is 48.0 Å². The summed E-state index contributed by atoms with van der Waals surface area (Å²) in [5, 5.41) is 24.4. The Balaban J connectivity index is 1.34. The number of likely N-dealkylation sites (tertiary alicyclic amines) is 1. The lowest BCUT2D eigenvalue weighted by Gasteiger charge is -2.61. The molecule has 6 heterocycles. The van der Waals surface area contributed by atoms with Gasteiger partial charge >= 0.3 is 11.9 Å². The van der Waals surface area contributed by atoms with Gasteiger partial charge in [-0.25, -0.2) is 0 Å². The summed E-state index contributed by atoms with van der Waals surface area (Å²) < 4.78 is 17.7. The lowest BCUT2D eigenvalue weighted by atomic mass is 9.54. The molecule has 1 saturated carbocycles. The van der Waals surface area contributed by atoms with E-state index in [0.29, 0.717) is 38.0 Å². The summed E-state index contributed by atoms with van der Waals surface area (Å²) in [7, 11) is 6.68. The molecular weight excluding hydrogens is 709 g/mol. The van der Waals surface area contributed by atoms with E-state index in [1.165, 1.54) is 14.2 Å². The number of esters is 2. The Bertz CT molecular complexity index is 2240. The Morgan fingerprint density at radius 2 is 1.79 bits per heavy atom. The van der Waals surface area contributed by atoms with Crippen LogP contribution in [-0.4, -0.2) is 115 Å². The van der Waals surface area contributed by atoms with Gasteiger partial charge < -0.3 is 34.4 Å². The van der Waals surface area contributed by atoms with Gasteiger partial charge in [0.1, 0.15) is 16.6 Å². The minimum atomic E-state index is -1.22. The first-order valence-electron chi connectivity index (χ1n) is 20.5. The molecule has 2 aromatic heterocycles.